The molecule has 0 rings (SSSR count). The van der Waals surface area contributed by atoms with Crippen LogP contribution >= 0.6 is 0 Å². The number of hydrogen-bond acceptors (Lipinski definition) is 0. The summed E-state index contributed by atoms with van der Waals surface area (Å²) < 4.78 is 2.24. The van der Waals surface area contributed by atoms with E-state index in [2.05, 4.69) is 53.4 Å². The first kappa shape index (κ1) is 33.8. The van der Waals surface area contributed by atoms with Gasteiger partial charge >= 0.3 is 0 Å². The third kappa shape index (κ3) is 21.2. The molecule has 0 saturated carbocycles. The molecule has 0 amide bonds. The smallest absolute Gasteiger partial charge is 0.0971 e. The molecule has 29 heavy (non-hydrogen) atoms. The van der Waals surface area contributed by atoms with Gasteiger partial charge in [0.15, 0.2) is 0 Å². The second-order valence-corrected chi connectivity index (χ2v) is 9.56. The van der Waals surface area contributed by atoms with E-state index in [1.165, 1.54) is 101 Å². The second-order valence-electron chi connectivity index (χ2n) is 9.56. The van der Waals surface area contributed by atoms with Crippen LogP contribution in [-0.4, -0.2) is 62.8 Å². The van der Waals surface area contributed by atoms with Crippen molar-refractivity contribution in [3.05, 3.63) is 25.3 Å². The van der Waals surface area contributed by atoms with Gasteiger partial charge in [0.2, 0.25) is 0 Å². The van der Waals surface area contributed by atoms with Gasteiger partial charge in [-0.25, -0.2) is 0 Å². The van der Waals surface area contributed by atoms with Crippen molar-refractivity contribution < 1.29 is 38.4 Å². The molecule has 0 fully saturated rings. The van der Waals surface area contributed by atoms with E-state index in [1.54, 1.807) is 0 Å². The second kappa shape index (κ2) is 21.4. The van der Waals surface area contributed by atoms with Gasteiger partial charge in [0, 0.05) is 12.8 Å². The van der Waals surface area contributed by atoms with Gasteiger partial charge < -0.3 is 38.4 Å². The highest BCUT2D eigenvalue weighted by Gasteiger charge is 2.19. The lowest BCUT2D eigenvalue weighted by Crippen LogP contribution is -3.00. The van der Waals surface area contributed by atoms with Crippen molar-refractivity contribution in [2.24, 2.45) is 0 Å². The maximum atomic E-state index is 3.92. The van der Waals surface area contributed by atoms with E-state index in [0.29, 0.717) is 0 Å². The van der Waals surface area contributed by atoms with Gasteiger partial charge in [-0.15, -0.1) is 0 Å². The fourth-order valence-corrected chi connectivity index (χ4v) is 4.05. The summed E-state index contributed by atoms with van der Waals surface area (Å²) in [4.78, 5) is 0. The van der Waals surface area contributed by atoms with Crippen molar-refractivity contribution in [2.45, 2.75) is 84.0 Å². The van der Waals surface area contributed by atoms with Crippen LogP contribution < -0.4 is 29.4 Å². The summed E-state index contributed by atoms with van der Waals surface area (Å²) in [6, 6.07) is 0. The van der Waals surface area contributed by atoms with Crippen LogP contribution in [0.4, 0.5) is 0 Å². The predicted octanol–water partition coefficient (Wildman–Crippen LogP) is 0.591. The van der Waals surface area contributed by atoms with Crippen molar-refractivity contribution >= 4 is 0 Å². The number of likely N-dealkylation sites (N-methyl/N-ethyl adjacent to an activating group) is 1. The molecule has 0 unspecified atom stereocenters. The minimum Gasteiger partial charge on any atom is -1.00 e. The zero-order chi connectivity index (χ0) is 20.4. The van der Waals surface area contributed by atoms with E-state index < -0.39 is 0 Å². The molecule has 4 heteroatoms. The largest absolute Gasteiger partial charge is 1.00 e. The first-order chi connectivity index (χ1) is 12.9. The van der Waals surface area contributed by atoms with E-state index in [0.717, 1.165) is 17.6 Å². The third-order valence-corrected chi connectivity index (χ3v) is 5.97. The van der Waals surface area contributed by atoms with E-state index in [9.17, 15) is 0 Å². The lowest BCUT2D eigenvalue weighted by atomic mass is 10.1. The molecule has 0 aromatic rings. The molecule has 2 nitrogen and oxygen atoms in total. The summed E-state index contributed by atoms with van der Waals surface area (Å²) in [5.41, 5.74) is 0. The molecule has 0 saturated heterocycles. The Morgan fingerprint density at radius 1 is 0.586 bits per heavy atom. The van der Waals surface area contributed by atoms with Gasteiger partial charge in [0.05, 0.1) is 53.9 Å². The lowest BCUT2D eigenvalue weighted by molar-refractivity contribution is -0.902. The molecular weight excluding hydrogens is 444 g/mol. The Hall–Kier alpha value is 0.170. The van der Waals surface area contributed by atoms with Crippen LogP contribution in [0, 0.1) is 0 Å². The zero-order valence-corrected chi connectivity index (χ0v) is 22.6. The normalized spacial score (nSPS) is 11.4. The van der Waals surface area contributed by atoms with Crippen molar-refractivity contribution in [2.75, 3.05) is 53.9 Å². The van der Waals surface area contributed by atoms with Crippen LogP contribution in [0.2, 0.25) is 0 Å². The Bertz CT molecular complexity index is 362. The average molecular weight is 496 g/mol. The van der Waals surface area contributed by atoms with Crippen LogP contribution in [0.1, 0.15) is 84.0 Å². The molecule has 0 spiro atoms. The molecule has 0 aliphatic carbocycles. The number of quaternary nitrogens is 2. The van der Waals surface area contributed by atoms with Gasteiger partial charge in [-0.1, -0.05) is 71.4 Å². The third-order valence-electron chi connectivity index (χ3n) is 5.97. The van der Waals surface area contributed by atoms with E-state index in [-0.39, 0.29) is 29.4 Å². The van der Waals surface area contributed by atoms with Crippen molar-refractivity contribution in [3.8, 4) is 0 Å². The van der Waals surface area contributed by atoms with Crippen LogP contribution in [-0.2, 0) is 0 Å². The fourth-order valence-electron chi connectivity index (χ4n) is 4.05. The molecule has 176 valence electrons. The average Bonchev–Trinajstić information content (AvgIpc) is 2.61. The standard InChI is InChI=1S/C25H52N2.BrH.ClH/c1-7-10-11-12-13-14-15-16-17-18-23-26(4,5)24-19-20-25-27(6,21-8-2)22-9-3;;/h8-9H,2-3,7,10-25H2,1,4-6H3;2*1H/q+2;;/p-2. The molecule has 0 aliphatic heterocycles. The molecule has 0 radical (unpaired) electrons. The summed E-state index contributed by atoms with van der Waals surface area (Å²) in [5, 5.41) is 0. The highest BCUT2D eigenvalue weighted by Crippen LogP contribution is 2.13. The summed E-state index contributed by atoms with van der Waals surface area (Å²) in [6.07, 6.45) is 21.0. The molecule has 0 aromatic carbocycles. The molecule has 0 heterocycles. The fraction of sp³-hybridized carbons (Fsp3) is 0.840. The molecule has 0 aliphatic rings. The number of hydrogen-bond donors (Lipinski definition) is 0. The summed E-state index contributed by atoms with van der Waals surface area (Å²) in [6.45, 7) is 16.1. The SMILES string of the molecule is C=CC[N+](C)(CC=C)CCCC[N+](C)(C)CCCCCCCCCCCC.[Br-].[Cl-]. The maximum Gasteiger partial charge on any atom is 0.0971 e. The van der Waals surface area contributed by atoms with Crippen LogP contribution in [0.25, 0.3) is 0 Å². The maximum absolute atomic E-state index is 3.92. The van der Waals surface area contributed by atoms with Gasteiger partial charge in [-0.2, -0.15) is 0 Å². The number of rotatable bonds is 20. The van der Waals surface area contributed by atoms with Gasteiger partial charge in [-0.05, 0) is 25.0 Å². The first-order valence-corrected chi connectivity index (χ1v) is 11.8. The lowest BCUT2D eigenvalue weighted by Gasteiger charge is -2.34. The van der Waals surface area contributed by atoms with E-state index in [4.69, 9.17) is 0 Å². The Morgan fingerprint density at radius 2 is 0.931 bits per heavy atom. The molecule has 0 atom stereocenters. The summed E-state index contributed by atoms with van der Waals surface area (Å²) >= 11 is 0. The zero-order valence-electron chi connectivity index (χ0n) is 20.2. The number of unbranched alkanes of at least 4 members (excludes halogenated alkanes) is 10. The quantitative estimate of drug-likeness (QED) is 0.132. The minimum absolute atomic E-state index is 0. The van der Waals surface area contributed by atoms with Gasteiger partial charge in [0.25, 0.3) is 0 Å². The highest BCUT2D eigenvalue weighted by atomic mass is 79.9. The Labute approximate surface area is 201 Å². The Balaban J connectivity index is -0.00000338. The monoisotopic (exact) mass is 494 g/mol. The van der Waals surface area contributed by atoms with Gasteiger partial charge in [0.1, 0.15) is 0 Å². The molecule has 0 aromatic heterocycles. The Morgan fingerprint density at radius 3 is 1.34 bits per heavy atom. The van der Waals surface area contributed by atoms with E-state index >= 15 is 0 Å². The van der Waals surface area contributed by atoms with Crippen LogP contribution in [0.15, 0.2) is 25.3 Å². The Kier molecular flexibility index (Phi) is 24.9. The minimum atomic E-state index is 0. The van der Waals surface area contributed by atoms with Crippen molar-refractivity contribution in [1.29, 1.82) is 0 Å². The predicted molar refractivity (Wildman–Crippen MR) is 124 cm³/mol. The van der Waals surface area contributed by atoms with Crippen LogP contribution in [0.3, 0.4) is 0 Å². The molecular formula is C25H52BrClN2. The molecule has 0 bridgehead atoms. The topological polar surface area (TPSA) is 0 Å². The summed E-state index contributed by atoms with van der Waals surface area (Å²) in [7, 11) is 7.15. The van der Waals surface area contributed by atoms with E-state index in [1.807, 2.05) is 0 Å². The van der Waals surface area contributed by atoms with Crippen LogP contribution in [0.5, 0.6) is 0 Å². The number of halogens is 2. The highest BCUT2D eigenvalue weighted by molar-refractivity contribution is 4.71. The summed E-state index contributed by atoms with van der Waals surface area (Å²) in [5.74, 6) is 0. The first-order valence-electron chi connectivity index (χ1n) is 11.8. The number of nitrogens with zero attached hydrogens (tertiary/aromatic N) is 2. The van der Waals surface area contributed by atoms with Crippen molar-refractivity contribution in [3.63, 3.8) is 0 Å². The van der Waals surface area contributed by atoms with Crippen molar-refractivity contribution in [1.82, 2.24) is 0 Å². The molecule has 0 N–H and O–H groups in total. The van der Waals surface area contributed by atoms with Gasteiger partial charge in [-0.3, -0.25) is 0 Å².